The first kappa shape index (κ1) is 14.7. The fourth-order valence-corrected chi connectivity index (χ4v) is 3.57. The van der Waals surface area contributed by atoms with Crippen LogP contribution in [0.3, 0.4) is 0 Å². The molecule has 0 spiro atoms. The second-order valence-electron chi connectivity index (χ2n) is 6.08. The van der Waals surface area contributed by atoms with Gasteiger partial charge in [-0.2, -0.15) is 0 Å². The van der Waals surface area contributed by atoms with Crippen LogP contribution in [0.25, 0.3) is 22.0 Å². The average molecular weight is 368 g/mol. The minimum atomic E-state index is 0.295. The number of rotatable bonds is 3. The molecule has 1 aliphatic rings. The predicted octanol–water partition coefficient (Wildman–Crippen LogP) is 4.83. The van der Waals surface area contributed by atoms with Crippen molar-refractivity contribution in [3.8, 4) is 11.3 Å². The predicted molar refractivity (Wildman–Crippen MR) is 98.3 cm³/mol. The number of nitrogens with zero attached hydrogens (tertiary/aromatic N) is 1. The van der Waals surface area contributed by atoms with Crippen molar-refractivity contribution in [2.45, 2.75) is 12.5 Å². The van der Waals surface area contributed by atoms with Gasteiger partial charge in [0.05, 0.1) is 17.9 Å². The summed E-state index contributed by atoms with van der Waals surface area (Å²) in [6.07, 6.45) is 5.01. The molecule has 4 rings (SSSR count). The Hall–Kier alpha value is -1.91. The zero-order valence-corrected chi connectivity index (χ0v) is 14.3. The summed E-state index contributed by atoms with van der Waals surface area (Å²) in [7, 11) is 0. The van der Waals surface area contributed by atoms with Crippen molar-refractivity contribution in [1.29, 1.82) is 0 Å². The first-order chi connectivity index (χ1) is 11.2. The molecule has 3 aromatic rings. The molecule has 1 fully saturated rings. The number of hydrogen-bond acceptors (Lipinski definition) is 2. The summed E-state index contributed by atoms with van der Waals surface area (Å²) in [5.74, 6) is 1.55. The molecule has 0 radical (unpaired) electrons. The van der Waals surface area contributed by atoms with E-state index in [1.165, 1.54) is 10.8 Å². The van der Waals surface area contributed by atoms with E-state index in [1.807, 2.05) is 12.3 Å². The fraction of sp³-hybridized carbons (Fsp3) is 0.211. The van der Waals surface area contributed by atoms with Gasteiger partial charge >= 0.3 is 0 Å². The molecule has 2 heterocycles. The third kappa shape index (κ3) is 2.84. The van der Waals surface area contributed by atoms with E-state index in [-0.39, 0.29) is 0 Å². The van der Waals surface area contributed by atoms with Crippen LogP contribution >= 0.6 is 15.9 Å². The maximum absolute atomic E-state index is 4.58. The number of aromatic amines is 1. The molecule has 1 saturated heterocycles. The minimum Gasteiger partial charge on any atom is -0.341 e. The van der Waals surface area contributed by atoms with Crippen LogP contribution in [0.15, 0.2) is 59.7 Å². The van der Waals surface area contributed by atoms with Gasteiger partial charge in [-0.15, -0.1) is 6.58 Å². The van der Waals surface area contributed by atoms with Gasteiger partial charge in [0.2, 0.25) is 0 Å². The lowest BCUT2D eigenvalue weighted by atomic mass is 10.1. The lowest BCUT2D eigenvalue weighted by Crippen LogP contribution is -2.14. The first-order valence-corrected chi connectivity index (χ1v) is 8.63. The molecule has 0 saturated carbocycles. The number of aromatic nitrogens is 2. The molecule has 1 aliphatic heterocycles. The Morgan fingerprint density at radius 2 is 2.00 bits per heavy atom. The number of H-pyrrole nitrogens is 1. The van der Waals surface area contributed by atoms with E-state index in [4.69, 9.17) is 0 Å². The molecule has 116 valence electrons. The largest absolute Gasteiger partial charge is 0.341 e. The van der Waals surface area contributed by atoms with Gasteiger partial charge in [0.1, 0.15) is 5.82 Å². The van der Waals surface area contributed by atoms with Crippen LogP contribution in [0.5, 0.6) is 0 Å². The van der Waals surface area contributed by atoms with Crippen molar-refractivity contribution in [2.24, 2.45) is 5.92 Å². The fourth-order valence-electron chi connectivity index (χ4n) is 3.20. The Morgan fingerprint density at radius 1 is 1.17 bits per heavy atom. The highest BCUT2D eigenvalue weighted by molar-refractivity contribution is 9.10. The standard InChI is InChI=1S/C19H18BrN3/c1-2-12-7-17(21-10-12)19-22-11-18(23-19)15-4-3-14-9-16(20)6-5-13(14)8-15/h2-6,8-9,11-12,17,21H,1,7,10H2,(H,22,23). The number of imidazole rings is 1. The third-order valence-corrected chi connectivity index (χ3v) is 5.03. The molecule has 0 aliphatic carbocycles. The molecule has 4 heteroatoms. The van der Waals surface area contributed by atoms with Gasteiger partial charge in [0, 0.05) is 16.6 Å². The van der Waals surface area contributed by atoms with E-state index in [0.717, 1.165) is 34.5 Å². The highest BCUT2D eigenvalue weighted by atomic mass is 79.9. The molecule has 2 aromatic carbocycles. The Labute approximate surface area is 144 Å². The van der Waals surface area contributed by atoms with Crippen molar-refractivity contribution in [2.75, 3.05) is 6.54 Å². The third-order valence-electron chi connectivity index (χ3n) is 4.54. The molecular weight excluding hydrogens is 350 g/mol. The van der Waals surface area contributed by atoms with Crippen molar-refractivity contribution >= 4 is 26.7 Å². The monoisotopic (exact) mass is 367 g/mol. The minimum absolute atomic E-state index is 0.295. The van der Waals surface area contributed by atoms with Crippen molar-refractivity contribution in [3.05, 3.63) is 65.5 Å². The van der Waals surface area contributed by atoms with Gasteiger partial charge < -0.3 is 10.3 Å². The number of nitrogens with one attached hydrogen (secondary N) is 2. The van der Waals surface area contributed by atoms with Gasteiger partial charge in [0.25, 0.3) is 0 Å². The van der Waals surface area contributed by atoms with Crippen LogP contribution in [0.2, 0.25) is 0 Å². The van der Waals surface area contributed by atoms with E-state index in [0.29, 0.717) is 12.0 Å². The average Bonchev–Trinajstić information content (AvgIpc) is 3.23. The molecule has 3 nitrogen and oxygen atoms in total. The number of hydrogen-bond donors (Lipinski definition) is 2. The Kier molecular flexibility index (Phi) is 3.79. The highest BCUT2D eigenvalue weighted by Gasteiger charge is 2.25. The van der Waals surface area contributed by atoms with Crippen LogP contribution in [-0.4, -0.2) is 16.5 Å². The Balaban J connectivity index is 1.64. The van der Waals surface area contributed by atoms with E-state index in [9.17, 15) is 0 Å². The van der Waals surface area contributed by atoms with Gasteiger partial charge in [-0.1, -0.05) is 40.2 Å². The smallest absolute Gasteiger partial charge is 0.123 e. The number of fused-ring (bicyclic) bond motifs is 1. The summed E-state index contributed by atoms with van der Waals surface area (Å²) < 4.78 is 1.10. The highest BCUT2D eigenvalue weighted by Crippen LogP contribution is 2.29. The van der Waals surface area contributed by atoms with Gasteiger partial charge in [-0.3, -0.25) is 0 Å². The molecule has 2 unspecified atom stereocenters. The second kappa shape index (κ2) is 5.95. The SMILES string of the molecule is C=CC1CNC(c2ncc(-c3ccc4cc(Br)ccc4c3)[nH]2)C1. The molecule has 2 N–H and O–H groups in total. The maximum Gasteiger partial charge on any atom is 0.123 e. The molecule has 2 atom stereocenters. The van der Waals surface area contributed by atoms with E-state index in [1.54, 1.807) is 0 Å². The van der Waals surface area contributed by atoms with Crippen molar-refractivity contribution in [1.82, 2.24) is 15.3 Å². The van der Waals surface area contributed by atoms with E-state index in [2.05, 4.69) is 74.2 Å². The molecule has 1 aromatic heterocycles. The normalized spacial score (nSPS) is 20.9. The zero-order chi connectivity index (χ0) is 15.8. The van der Waals surface area contributed by atoms with Gasteiger partial charge in [0.15, 0.2) is 0 Å². The molecule has 23 heavy (non-hydrogen) atoms. The van der Waals surface area contributed by atoms with E-state index >= 15 is 0 Å². The summed E-state index contributed by atoms with van der Waals surface area (Å²) >= 11 is 3.52. The van der Waals surface area contributed by atoms with Crippen molar-refractivity contribution in [3.63, 3.8) is 0 Å². The number of benzene rings is 2. The van der Waals surface area contributed by atoms with Crippen LogP contribution in [-0.2, 0) is 0 Å². The summed E-state index contributed by atoms with van der Waals surface area (Å²) in [6.45, 7) is 4.87. The van der Waals surface area contributed by atoms with Gasteiger partial charge in [-0.05, 0) is 41.3 Å². The summed E-state index contributed by atoms with van der Waals surface area (Å²) in [5.41, 5.74) is 2.23. The second-order valence-corrected chi connectivity index (χ2v) is 7.00. The molecule has 0 bridgehead atoms. The maximum atomic E-state index is 4.58. The Bertz CT molecular complexity index is 868. The van der Waals surface area contributed by atoms with Crippen LogP contribution < -0.4 is 5.32 Å². The summed E-state index contributed by atoms with van der Waals surface area (Å²) in [4.78, 5) is 8.05. The van der Waals surface area contributed by atoms with Crippen LogP contribution in [0.1, 0.15) is 18.3 Å². The topological polar surface area (TPSA) is 40.7 Å². The Morgan fingerprint density at radius 3 is 2.83 bits per heavy atom. The first-order valence-electron chi connectivity index (χ1n) is 7.83. The summed E-state index contributed by atoms with van der Waals surface area (Å²) in [6, 6.07) is 13.1. The lowest BCUT2D eigenvalue weighted by Gasteiger charge is -2.06. The van der Waals surface area contributed by atoms with Crippen molar-refractivity contribution < 1.29 is 0 Å². The van der Waals surface area contributed by atoms with Crippen LogP contribution in [0, 0.1) is 5.92 Å². The quantitative estimate of drug-likeness (QED) is 0.650. The van der Waals surface area contributed by atoms with Crippen LogP contribution in [0.4, 0.5) is 0 Å². The molecule has 0 amide bonds. The lowest BCUT2D eigenvalue weighted by molar-refractivity contribution is 0.604. The van der Waals surface area contributed by atoms with Gasteiger partial charge in [-0.25, -0.2) is 4.98 Å². The summed E-state index contributed by atoms with van der Waals surface area (Å²) in [5, 5.41) is 5.96. The van der Waals surface area contributed by atoms with E-state index < -0.39 is 0 Å². The molecular formula is C19H18BrN3. The zero-order valence-electron chi connectivity index (χ0n) is 12.7. The number of halogens is 1.